The van der Waals surface area contributed by atoms with Crippen LogP contribution in [0.3, 0.4) is 0 Å². The largest absolute Gasteiger partial charge is 0.370 e. The van der Waals surface area contributed by atoms with Crippen molar-refractivity contribution in [3.8, 4) is 0 Å². The summed E-state index contributed by atoms with van der Waals surface area (Å²) in [4.78, 5) is 2.14. The minimum absolute atomic E-state index is 0.0717. The molecule has 0 radical (unpaired) electrons. The van der Waals surface area contributed by atoms with Gasteiger partial charge in [0.25, 0.3) is 0 Å². The lowest BCUT2D eigenvalue weighted by Gasteiger charge is -2.38. The Morgan fingerprint density at radius 1 is 1.00 bits per heavy atom. The van der Waals surface area contributed by atoms with Crippen molar-refractivity contribution in [2.24, 2.45) is 11.7 Å². The number of anilines is 1. The zero-order valence-electron chi connectivity index (χ0n) is 12.4. The van der Waals surface area contributed by atoms with Gasteiger partial charge in [-0.2, -0.15) is 0 Å². The first kappa shape index (κ1) is 15.0. The molecular formula is C18H20F2N2. The molecule has 0 saturated carbocycles. The van der Waals surface area contributed by atoms with Gasteiger partial charge in [0.2, 0.25) is 0 Å². The van der Waals surface area contributed by atoms with Gasteiger partial charge in [0.1, 0.15) is 11.6 Å². The molecule has 0 aromatic heterocycles. The van der Waals surface area contributed by atoms with Crippen molar-refractivity contribution in [2.75, 3.05) is 18.0 Å². The third-order valence-corrected chi connectivity index (χ3v) is 4.18. The summed E-state index contributed by atoms with van der Waals surface area (Å²) in [6.07, 6.45) is 1.79. The Hall–Kier alpha value is -1.94. The molecule has 1 fully saturated rings. The van der Waals surface area contributed by atoms with E-state index in [0.29, 0.717) is 5.92 Å². The Labute approximate surface area is 129 Å². The highest BCUT2D eigenvalue weighted by Crippen LogP contribution is 2.25. The summed E-state index contributed by atoms with van der Waals surface area (Å²) in [5, 5.41) is 0. The van der Waals surface area contributed by atoms with Gasteiger partial charge >= 0.3 is 0 Å². The molecule has 2 N–H and O–H groups in total. The van der Waals surface area contributed by atoms with Crippen LogP contribution in [-0.2, 0) is 6.42 Å². The third-order valence-electron chi connectivity index (χ3n) is 4.18. The zero-order valence-corrected chi connectivity index (χ0v) is 12.4. The molecule has 1 heterocycles. The summed E-state index contributed by atoms with van der Waals surface area (Å²) >= 11 is 0. The van der Waals surface area contributed by atoms with Crippen LogP contribution in [0.25, 0.3) is 0 Å². The monoisotopic (exact) mass is 302 g/mol. The highest BCUT2D eigenvalue weighted by atomic mass is 19.1. The van der Waals surface area contributed by atoms with Crippen molar-refractivity contribution in [3.05, 3.63) is 65.7 Å². The zero-order chi connectivity index (χ0) is 15.5. The van der Waals surface area contributed by atoms with Crippen molar-refractivity contribution in [1.29, 1.82) is 0 Å². The minimum atomic E-state index is -0.230. The number of rotatable bonds is 3. The quantitative estimate of drug-likeness (QED) is 0.942. The number of halogens is 2. The molecule has 2 aromatic rings. The van der Waals surface area contributed by atoms with Gasteiger partial charge in [-0.15, -0.1) is 0 Å². The van der Waals surface area contributed by atoms with E-state index in [1.807, 2.05) is 18.2 Å². The molecule has 2 aromatic carbocycles. The van der Waals surface area contributed by atoms with E-state index in [1.165, 1.54) is 18.2 Å². The number of nitrogens with zero attached hydrogens (tertiary/aromatic N) is 1. The predicted molar refractivity (Wildman–Crippen MR) is 84.8 cm³/mol. The second-order valence-electron chi connectivity index (χ2n) is 6.08. The average molecular weight is 302 g/mol. The highest BCUT2D eigenvalue weighted by molar-refractivity contribution is 5.47. The highest BCUT2D eigenvalue weighted by Gasteiger charge is 2.25. The van der Waals surface area contributed by atoms with Gasteiger partial charge in [-0.05, 0) is 54.7 Å². The van der Waals surface area contributed by atoms with E-state index < -0.39 is 0 Å². The van der Waals surface area contributed by atoms with E-state index in [-0.39, 0.29) is 17.7 Å². The van der Waals surface area contributed by atoms with E-state index in [0.717, 1.165) is 37.2 Å². The van der Waals surface area contributed by atoms with Gasteiger partial charge in [0, 0.05) is 24.8 Å². The molecule has 4 heteroatoms. The molecule has 3 rings (SSSR count). The van der Waals surface area contributed by atoms with Gasteiger partial charge in [-0.25, -0.2) is 8.78 Å². The van der Waals surface area contributed by atoms with Crippen LogP contribution in [0.2, 0.25) is 0 Å². The second kappa shape index (κ2) is 6.44. The lowest BCUT2D eigenvalue weighted by atomic mass is 9.89. The Balaban J connectivity index is 1.72. The summed E-state index contributed by atoms with van der Waals surface area (Å²) in [6, 6.07) is 13.3. The topological polar surface area (TPSA) is 29.3 Å². The van der Waals surface area contributed by atoms with Gasteiger partial charge in [-0.1, -0.05) is 18.2 Å². The number of benzene rings is 2. The van der Waals surface area contributed by atoms with Crippen molar-refractivity contribution in [3.63, 3.8) is 0 Å². The Morgan fingerprint density at radius 3 is 2.50 bits per heavy atom. The Bertz CT molecular complexity index is 627. The van der Waals surface area contributed by atoms with Crippen LogP contribution in [0, 0.1) is 17.6 Å². The van der Waals surface area contributed by atoms with E-state index >= 15 is 0 Å². The standard InChI is InChI=1S/C18H20F2N2/c19-15-6-4-13(5-7-15)8-14-9-17(21)12-22(11-14)18-3-1-2-16(20)10-18/h1-7,10,14,17H,8-9,11-12,21H2. The SMILES string of the molecule is NC1CC(Cc2ccc(F)cc2)CN(c2cccc(F)c2)C1. The van der Waals surface area contributed by atoms with E-state index in [9.17, 15) is 8.78 Å². The van der Waals surface area contributed by atoms with E-state index in [4.69, 9.17) is 5.73 Å². The molecule has 0 bridgehead atoms. The lowest BCUT2D eigenvalue weighted by Crippen LogP contribution is -2.47. The van der Waals surface area contributed by atoms with Crippen LogP contribution in [0.4, 0.5) is 14.5 Å². The van der Waals surface area contributed by atoms with Crippen LogP contribution in [0.15, 0.2) is 48.5 Å². The van der Waals surface area contributed by atoms with Crippen molar-refractivity contribution in [2.45, 2.75) is 18.9 Å². The molecule has 1 aliphatic rings. The van der Waals surface area contributed by atoms with E-state index in [2.05, 4.69) is 4.90 Å². The summed E-state index contributed by atoms with van der Waals surface area (Å²) < 4.78 is 26.4. The molecule has 1 saturated heterocycles. The number of piperidine rings is 1. The van der Waals surface area contributed by atoms with Crippen LogP contribution >= 0.6 is 0 Å². The van der Waals surface area contributed by atoms with Gasteiger partial charge < -0.3 is 10.6 Å². The fourth-order valence-corrected chi connectivity index (χ4v) is 3.23. The molecule has 0 spiro atoms. The van der Waals surface area contributed by atoms with Crippen LogP contribution in [0.5, 0.6) is 0 Å². The fraction of sp³-hybridized carbons (Fsp3) is 0.333. The van der Waals surface area contributed by atoms with Gasteiger partial charge in [0.15, 0.2) is 0 Å². The third kappa shape index (κ3) is 3.63. The molecule has 116 valence electrons. The first-order valence-corrected chi connectivity index (χ1v) is 7.60. The van der Waals surface area contributed by atoms with Crippen LogP contribution < -0.4 is 10.6 Å². The number of hydrogen-bond donors (Lipinski definition) is 1. The smallest absolute Gasteiger partial charge is 0.125 e. The van der Waals surface area contributed by atoms with E-state index in [1.54, 1.807) is 12.1 Å². The lowest BCUT2D eigenvalue weighted by molar-refractivity contribution is 0.374. The maximum Gasteiger partial charge on any atom is 0.125 e. The number of nitrogens with two attached hydrogens (primary N) is 1. The Morgan fingerprint density at radius 2 is 1.77 bits per heavy atom. The summed E-state index contributed by atoms with van der Waals surface area (Å²) in [7, 11) is 0. The van der Waals surface area contributed by atoms with Crippen molar-refractivity contribution >= 4 is 5.69 Å². The summed E-state index contributed by atoms with van der Waals surface area (Å²) in [6.45, 7) is 1.58. The maximum atomic E-state index is 13.4. The van der Waals surface area contributed by atoms with Crippen LogP contribution in [0.1, 0.15) is 12.0 Å². The normalized spacial score (nSPS) is 21.9. The first-order chi connectivity index (χ1) is 10.6. The Kier molecular flexibility index (Phi) is 4.39. The first-order valence-electron chi connectivity index (χ1n) is 7.60. The van der Waals surface area contributed by atoms with Gasteiger partial charge in [0.05, 0.1) is 0 Å². The average Bonchev–Trinajstić information content (AvgIpc) is 2.49. The van der Waals surface area contributed by atoms with Gasteiger partial charge in [-0.3, -0.25) is 0 Å². The second-order valence-corrected chi connectivity index (χ2v) is 6.08. The maximum absolute atomic E-state index is 13.4. The summed E-state index contributed by atoms with van der Waals surface area (Å²) in [5.41, 5.74) is 8.16. The molecule has 0 amide bonds. The molecule has 22 heavy (non-hydrogen) atoms. The molecule has 2 unspecified atom stereocenters. The number of hydrogen-bond acceptors (Lipinski definition) is 2. The molecule has 0 aliphatic carbocycles. The van der Waals surface area contributed by atoms with Crippen LogP contribution in [-0.4, -0.2) is 19.1 Å². The molecule has 2 atom stereocenters. The minimum Gasteiger partial charge on any atom is -0.370 e. The van der Waals surface area contributed by atoms with Crippen molar-refractivity contribution < 1.29 is 8.78 Å². The molecule has 2 nitrogen and oxygen atoms in total. The fourth-order valence-electron chi connectivity index (χ4n) is 3.23. The summed E-state index contributed by atoms with van der Waals surface area (Å²) in [5.74, 6) is -0.0605. The molecule has 1 aliphatic heterocycles. The predicted octanol–water partition coefficient (Wildman–Crippen LogP) is 3.36. The molecular weight excluding hydrogens is 282 g/mol. The van der Waals surface area contributed by atoms with Crippen molar-refractivity contribution in [1.82, 2.24) is 0 Å².